The molecule has 0 aromatic rings. The Balaban J connectivity index is 2.56. The molecule has 0 saturated carbocycles. The topological polar surface area (TPSA) is 70.7 Å². The fourth-order valence-electron chi connectivity index (χ4n) is 2.36. The van der Waals surface area contributed by atoms with Crippen LogP contribution in [0.4, 0.5) is 22.8 Å². The Morgan fingerprint density at radius 2 is 1.83 bits per heavy atom. The second kappa shape index (κ2) is 7.27. The molecule has 1 fully saturated rings. The van der Waals surface area contributed by atoms with Crippen LogP contribution in [-0.2, 0) is 4.74 Å². The van der Waals surface area contributed by atoms with E-state index in [4.69, 9.17) is 4.74 Å². The van der Waals surface area contributed by atoms with Crippen molar-refractivity contribution in [1.82, 2.24) is 15.5 Å². The van der Waals surface area contributed by atoms with E-state index in [-0.39, 0.29) is 18.5 Å². The maximum Gasteiger partial charge on any atom is 0.407 e. The molecular formula is C14H24F3N3O3. The molecule has 1 unspecified atom stereocenters. The zero-order valence-electron chi connectivity index (χ0n) is 13.8. The van der Waals surface area contributed by atoms with Gasteiger partial charge in [-0.2, -0.15) is 13.2 Å². The van der Waals surface area contributed by atoms with Crippen molar-refractivity contribution in [2.45, 2.75) is 51.9 Å². The highest BCUT2D eigenvalue weighted by Gasteiger charge is 2.37. The van der Waals surface area contributed by atoms with Crippen LogP contribution in [0.15, 0.2) is 0 Å². The van der Waals surface area contributed by atoms with Gasteiger partial charge in [0.2, 0.25) is 0 Å². The van der Waals surface area contributed by atoms with Crippen LogP contribution in [-0.4, -0.2) is 54.5 Å². The summed E-state index contributed by atoms with van der Waals surface area (Å²) in [5.74, 6) is -0.0286. The molecule has 1 aliphatic heterocycles. The van der Waals surface area contributed by atoms with Crippen molar-refractivity contribution in [1.29, 1.82) is 0 Å². The molecule has 1 heterocycles. The third-order valence-corrected chi connectivity index (χ3v) is 3.39. The number of likely N-dealkylation sites (tertiary alicyclic amines) is 1. The summed E-state index contributed by atoms with van der Waals surface area (Å²) in [5.41, 5.74) is -0.645. The van der Waals surface area contributed by atoms with Crippen molar-refractivity contribution < 1.29 is 27.5 Å². The number of alkyl halides is 3. The van der Waals surface area contributed by atoms with E-state index >= 15 is 0 Å². The van der Waals surface area contributed by atoms with Gasteiger partial charge in [0.1, 0.15) is 12.1 Å². The fourth-order valence-corrected chi connectivity index (χ4v) is 2.36. The molecule has 0 aromatic carbocycles. The van der Waals surface area contributed by atoms with E-state index in [1.165, 1.54) is 4.90 Å². The molecule has 0 radical (unpaired) electrons. The van der Waals surface area contributed by atoms with Gasteiger partial charge in [-0.1, -0.05) is 6.92 Å². The molecule has 1 rings (SSSR count). The van der Waals surface area contributed by atoms with Gasteiger partial charge >= 0.3 is 18.3 Å². The Bertz CT molecular complexity index is 435. The number of carbonyl (C=O) groups excluding carboxylic acids is 2. The maximum absolute atomic E-state index is 12.1. The van der Waals surface area contributed by atoms with Crippen LogP contribution in [0.5, 0.6) is 0 Å². The smallest absolute Gasteiger partial charge is 0.407 e. The molecule has 1 aliphatic rings. The van der Waals surface area contributed by atoms with E-state index in [0.29, 0.717) is 13.0 Å². The molecule has 23 heavy (non-hydrogen) atoms. The van der Waals surface area contributed by atoms with Crippen LogP contribution >= 0.6 is 0 Å². The van der Waals surface area contributed by atoms with E-state index in [0.717, 1.165) is 0 Å². The van der Waals surface area contributed by atoms with Crippen LogP contribution in [0.2, 0.25) is 0 Å². The first-order valence-corrected chi connectivity index (χ1v) is 7.50. The second-order valence-electron chi connectivity index (χ2n) is 6.60. The third-order valence-electron chi connectivity index (χ3n) is 3.39. The first kappa shape index (κ1) is 19.4. The Labute approximate surface area is 133 Å². The lowest BCUT2D eigenvalue weighted by atomic mass is 10.0. The normalized spacial score (nSPS) is 22.0. The van der Waals surface area contributed by atoms with Crippen LogP contribution in [0.3, 0.4) is 0 Å². The molecule has 6 nitrogen and oxygen atoms in total. The predicted octanol–water partition coefficient (Wildman–Crippen LogP) is 2.49. The van der Waals surface area contributed by atoms with Gasteiger partial charge in [-0.05, 0) is 33.1 Å². The SMILES string of the molecule is CC[C@H]1CN(C(=O)NCC(F)(F)F)CC1NC(=O)OC(C)(C)C. The highest BCUT2D eigenvalue weighted by atomic mass is 19.4. The summed E-state index contributed by atoms with van der Waals surface area (Å²) < 4.78 is 41.6. The van der Waals surface area contributed by atoms with Gasteiger partial charge in [0.05, 0.1) is 6.04 Å². The third kappa shape index (κ3) is 6.96. The number of hydrogen-bond donors (Lipinski definition) is 2. The fraction of sp³-hybridized carbons (Fsp3) is 0.857. The van der Waals surface area contributed by atoms with E-state index < -0.39 is 30.4 Å². The van der Waals surface area contributed by atoms with E-state index in [9.17, 15) is 22.8 Å². The molecule has 0 spiro atoms. The summed E-state index contributed by atoms with van der Waals surface area (Å²) >= 11 is 0. The number of alkyl carbamates (subject to hydrolysis) is 1. The van der Waals surface area contributed by atoms with Crippen molar-refractivity contribution in [3.8, 4) is 0 Å². The molecule has 2 atom stereocenters. The number of hydrogen-bond acceptors (Lipinski definition) is 3. The number of rotatable bonds is 3. The van der Waals surface area contributed by atoms with Crippen LogP contribution in [0.25, 0.3) is 0 Å². The Kier molecular flexibility index (Phi) is 6.12. The molecular weight excluding hydrogens is 315 g/mol. The first-order chi connectivity index (χ1) is 10.4. The summed E-state index contributed by atoms with van der Waals surface area (Å²) in [4.78, 5) is 24.9. The van der Waals surface area contributed by atoms with Crippen molar-refractivity contribution in [3.63, 3.8) is 0 Å². The van der Waals surface area contributed by atoms with Gasteiger partial charge in [0.25, 0.3) is 0 Å². The summed E-state index contributed by atoms with van der Waals surface area (Å²) in [6.07, 6.45) is -4.37. The standard InChI is InChI=1S/C14H24F3N3O3/c1-5-9-6-20(11(21)18-8-14(15,16)17)7-10(9)19-12(22)23-13(2,3)4/h9-10H,5-8H2,1-4H3,(H,18,21)(H,19,22)/t9-,10?/m0/s1. The molecule has 0 aromatic heterocycles. The summed E-state index contributed by atoms with van der Waals surface area (Å²) in [6, 6.07) is -1.12. The maximum atomic E-state index is 12.1. The van der Waals surface area contributed by atoms with Gasteiger partial charge in [0, 0.05) is 13.1 Å². The minimum atomic E-state index is -4.45. The minimum absolute atomic E-state index is 0.0286. The predicted molar refractivity (Wildman–Crippen MR) is 78.0 cm³/mol. The van der Waals surface area contributed by atoms with Crippen LogP contribution in [0.1, 0.15) is 34.1 Å². The second-order valence-corrected chi connectivity index (χ2v) is 6.60. The van der Waals surface area contributed by atoms with Crippen molar-refractivity contribution >= 4 is 12.1 Å². The Hall–Kier alpha value is -1.67. The number of carbonyl (C=O) groups is 2. The summed E-state index contributed by atoms with van der Waals surface area (Å²) in [5, 5.41) is 4.53. The summed E-state index contributed by atoms with van der Waals surface area (Å²) in [7, 11) is 0. The van der Waals surface area contributed by atoms with Gasteiger partial charge < -0.3 is 20.3 Å². The number of urea groups is 1. The van der Waals surface area contributed by atoms with Crippen molar-refractivity contribution in [3.05, 3.63) is 0 Å². The molecule has 1 saturated heterocycles. The molecule has 2 N–H and O–H groups in total. The Morgan fingerprint density at radius 1 is 1.22 bits per heavy atom. The number of amides is 3. The molecule has 9 heteroatoms. The zero-order chi connectivity index (χ0) is 17.8. The van der Waals surface area contributed by atoms with Gasteiger partial charge in [0.15, 0.2) is 0 Å². The quantitative estimate of drug-likeness (QED) is 0.830. The molecule has 134 valence electrons. The largest absolute Gasteiger partial charge is 0.444 e. The van der Waals surface area contributed by atoms with Gasteiger partial charge in [-0.25, -0.2) is 9.59 Å². The molecule has 3 amide bonds. The lowest BCUT2D eigenvalue weighted by Crippen LogP contribution is -2.45. The average Bonchev–Trinajstić information content (AvgIpc) is 2.75. The van der Waals surface area contributed by atoms with Crippen molar-refractivity contribution in [2.24, 2.45) is 5.92 Å². The minimum Gasteiger partial charge on any atom is -0.444 e. The average molecular weight is 339 g/mol. The Morgan fingerprint density at radius 3 is 2.30 bits per heavy atom. The number of halogens is 3. The number of ether oxygens (including phenoxy) is 1. The van der Waals surface area contributed by atoms with Crippen molar-refractivity contribution in [2.75, 3.05) is 19.6 Å². The highest BCUT2D eigenvalue weighted by molar-refractivity contribution is 5.75. The monoisotopic (exact) mass is 339 g/mol. The number of nitrogens with one attached hydrogen (secondary N) is 2. The van der Waals surface area contributed by atoms with Gasteiger partial charge in [-0.3, -0.25) is 0 Å². The zero-order valence-corrected chi connectivity index (χ0v) is 13.8. The summed E-state index contributed by atoms with van der Waals surface area (Å²) in [6.45, 7) is 6.16. The van der Waals surface area contributed by atoms with Gasteiger partial charge in [-0.15, -0.1) is 0 Å². The van der Waals surface area contributed by atoms with E-state index in [1.54, 1.807) is 20.8 Å². The lowest BCUT2D eigenvalue weighted by Gasteiger charge is -2.23. The first-order valence-electron chi connectivity index (χ1n) is 7.50. The molecule has 0 bridgehead atoms. The highest BCUT2D eigenvalue weighted by Crippen LogP contribution is 2.21. The van der Waals surface area contributed by atoms with E-state index in [2.05, 4.69) is 5.32 Å². The molecule has 0 aliphatic carbocycles. The lowest BCUT2D eigenvalue weighted by molar-refractivity contribution is -0.123. The number of nitrogens with zero attached hydrogens (tertiary/aromatic N) is 1. The van der Waals surface area contributed by atoms with Crippen LogP contribution < -0.4 is 10.6 Å². The van der Waals surface area contributed by atoms with Crippen LogP contribution in [0, 0.1) is 5.92 Å². The van der Waals surface area contributed by atoms with E-state index in [1.807, 2.05) is 12.2 Å².